The molecule has 0 spiro atoms. The van der Waals surface area contributed by atoms with E-state index < -0.39 is 0 Å². The predicted molar refractivity (Wildman–Crippen MR) is 208 cm³/mol. The molecule has 0 atom stereocenters. The Morgan fingerprint density at radius 2 is 0.837 bits per heavy atom. The summed E-state index contributed by atoms with van der Waals surface area (Å²) < 4.78 is 7.32. The Kier molecular flexibility index (Phi) is 5.84. The number of rotatable bonds is 3. The van der Waals surface area contributed by atoms with Crippen LogP contribution < -0.4 is 0 Å². The van der Waals surface area contributed by atoms with Gasteiger partial charge in [0, 0.05) is 49.4 Å². The maximum atomic E-state index is 2.50. The number of benzene rings is 7. The van der Waals surface area contributed by atoms with Crippen LogP contribution in [0.4, 0.5) is 0 Å². The Bertz CT molecular complexity index is 2890. The van der Waals surface area contributed by atoms with Crippen molar-refractivity contribution in [1.29, 1.82) is 0 Å². The van der Waals surface area contributed by atoms with Crippen LogP contribution in [0, 0.1) is 0 Å². The fourth-order valence-electron chi connectivity index (χ4n) is 8.12. The largest absolute Gasteiger partial charge is 0.309 e. The van der Waals surface area contributed by atoms with Crippen LogP contribution in [0.2, 0.25) is 0 Å². The summed E-state index contributed by atoms with van der Waals surface area (Å²) in [4.78, 5) is 0. The van der Waals surface area contributed by atoms with Gasteiger partial charge in [-0.1, -0.05) is 112 Å². The minimum Gasteiger partial charge on any atom is -0.309 e. The second kappa shape index (κ2) is 10.2. The molecular formula is C46H35N3. The molecular weight excluding hydrogens is 595 g/mol. The van der Waals surface area contributed by atoms with Crippen molar-refractivity contribution in [2.24, 2.45) is 0 Å². The standard InChI is InChI=1S/C46H35N3/c1-46(2,3)30-21-23-32(24-22-30)47-39-18-10-8-16-35(39)38-29-33(25-27-42(38)47)49-40-19-11-7-15-34(40)36-26-28-43-44(45(36)49)37-17-9-12-20-41(37)48(43)31-13-5-4-6-14-31/h4-29H,1-3H3. The Morgan fingerprint density at radius 3 is 1.53 bits per heavy atom. The van der Waals surface area contributed by atoms with E-state index in [1.807, 2.05) is 0 Å². The molecule has 0 saturated heterocycles. The molecule has 49 heavy (non-hydrogen) atoms. The highest BCUT2D eigenvalue weighted by Gasteiger charge is 2.22. The monoisotopic (exact) mass is 629 g/mol. The molecule has 0 N–H and O–H groups in total. The first-order chi connectivity index (χ1) is 24.0. The number of aromatic nitrogens is 3. The summed E-state index contributed by atoms with van der Waals surface area (Å²) in [6, 6.07) is 58.0. The van der Waals surface area contributed by atoms with E-state index >= 15 is 0 Å². The number of para-hydroxylation sites is 4. The van der Waals surface area contributed by atoms with Crippen molar-refractivity contribution in [1.82, 2.24) is 13.7 Å². The average Bonchev–Trinajstić information content (AvgIpc) is 3.77. The summed E-state index contributed by atoms with van der Waals surface area (Å²) in [7, 11) is 0. The maximum Gasteiger partial charge on any atom is 0.0641 e. The zero-order valence-corrected chi connectivity index (χ0v) is 27.9. The molecule has 0 aliphatic carbocycles. The molecule has 3 heterocycles. The van der Waals surface area contributed by atoms with E-state index in [0.717, 1.165) is 5.69 Å². The van der Waals surface area contributed by atoms with Gasteiger partial charge >= 0.3 is 0 Å². The molecule has 0 amide bonds. The van der Waals surface area contributed by atoms with E-state index in [9.17, 15) is 0 Å². The maximum absolute atomic E-state index is 2.50. The van der Waals surface area contributed by atoms with Gasteiger partial charge in [-0.3, -0.25) is 0 Å². The van der Waals surface area contributed by atoms with Crippen LogP contribution in [0.5, 0.6) is 0 Å². The van der Waals surface area contributed by atoms with Gasteiger partial charge in [-0.15, -0.1) is 0 Å². The van der Waals surface area contributed by atoms with Gasteiger partial charge in [0.2, 0.25) is 0 Å². The quantitative estimate of drug-likeness (QED) is 0.185. The summed E-state index contributed by atoms with van der Waals surface area (Å²) >= 11 is 0. The molecule has 0 fully saturated rings. The fraction of sp³-hybridized carbons (Fsp3) is 0.0870. The topological polar surface area (TPSA) is 14.8 Å². The van der Waals surface area contributed by atoms with Crippen LogP contribution in [-0.2, 0) is 5.41 Å². The summed E-state index contributed by atoms with van der Waals surface area (Å²) in [6.07, 6.45) is 0. The van der Waals surface area contributed by atoms with Gasteiger partial charge in [-0.2, -0.15) is 0 Å². The van der Waals surface area contributed by atoms with E-state index in [-0.39, 0.29) is 5.41 Å². The van der Waals surface area contributed by atoms with E-state index in [2.05, 4.69) is 192 Å². The van der Waals surface area contributed by atoms with E-state index in [1.54, 1.807) is 0 Å². The number of nitrogens with zero attached hydrogens (tertiary/aromatic N) is 3. The van der Waals surface area contributed by atoms with Crippen LogP contribution in [0.25, 0.3) is 82.5 Å². The fourth-order valence-corrected chi connectivity index (χ4v) is 8.12. The highest BCUT2D eigenvalue weighted by atomic mass is 15.0. The SMILES string of the molecule is CC(C)(C)c1ccc(-n2c3ccccc3c3cc(-n4c5ccccc5c5ccc6c(c7ccccc7n6-c6ccccc6)c54)ccc32)cc1. The molecule has 0 saturated carbocycles. The van der Waals surface area contributed by atoms with Crippen LogP contribution in [0.1, 0.15) is 26.3 Å². The molecule has 0 bridgehead atoms. The van der Waals surface area contributed by atoms with Gasteiger partial charge in [0.25, 0.3) is 0 Å². The molecule has 0 radical (unpaired) electrons. The Morgan fingerprint density at radius 1 is 0.347 bits per heavy atom. The van der Waals surface area contributed by atoms with E-state index in [1.165, 1.54) is 82.4 Å². The lowest BCUT2D eigenvalue weighted by molar-refractivity contribution is 0.590. The van der Waals surface area contributed by atoms with Crippen molar-refractivity contribution in [2.75, 3.05) is 0 Å². The summed E-state index contributed by atoms with van der Waals surface area (Å²) in [6.45, 7) is 6.81. The number of hydrogen-bond acceptors (Lipinski definition) is 0. The van der Waals surface area contributed by atoms with Gasteiger partial charge in [0.05, 0.1) is 33.1 Å². The number of fused-ring (bicyclic) bond motifs is 10. The molecule has 0 unspecified atom stereocenters. The van der Waals surface area contributed by atoms with Crippen molar-refractivity contribution in [3.8, 4) is 17.1 Å². The van der Waals surface area contributed by atoms with Gasteiger partial charge < -0.3 is 13.7 Å². The normalized spacial score (nSPS) is 12.4. The molecule has 3 aromatic heterocycles. The molecule has 234 valence electrons. The predicted octanol–water partition coefficient (Wildman–Crippen LogP) is 12.3. The zero-order chi connectivity index (χ0) is 32.9. The Hall–Kier alpha value is -6.06. The third-order valence-corrected chi connectivity index (χ3v) is 10.4. The summed E-state index contributed by atoms with van der Waals surface area (Å²) in [5, 5.41) is 7.56. The minimum atomic E-state index is 0.107. The van der Waals surface area contributed by atoms with Gasteiger partial charge in [-0.05, 0) is 77.7 Å². The third-order valence-electron chi connectivity index (χ3n) is 10.4. The van der Waals surface area contributed by atoms with Crippen LogP contribution >= 0.6 is 0 Å². The molecule has 3 heteroatoms. The third kappa shape index (κ3) is 4.02. The zero-order valence-electron chi connectivity index (χ0n) is 27.9. The first-order valence-electron chi connectivity index (χ1n) is 17.1. The molecule has 10 aromatic rings. The molecule has 10 rings (SSSR count). The first kappa shape index (κ1) is 28.0. The summed E-state index contributed by atoms with van der Waals surface area (Å²) in [5.41, 5.74) is 12.3. The number of hydrogen-bond donors (Lipinski definition) is 0. The second-order valence-electron chi connectivity index (χ2n) is 14.2. The Balaban J connectivity index is 1.30. The van der Waals surface area contributed by atoms with Crippen LogP contribution in [0.15, 0.2) is 158 Å². The highest BCUT2D eigenvalue weighted by Crippen LogP contribution is 2.43. The second-order valence-corrected chi connectivity index (χ2v) is 14.2. The first-order valence-corrected chi connectivity index (χ1v) is 17.1. The van der Waals surface area contributed by atoms with E-state index in [4.69, 9.17) is 0 Å². The van der Waals surface area contributed by atoms with Crippen molar-refractivity contribution in [3.63, 3.8) is 0 Å². The molecule has 7 aromatic carbocycles. The summed E-state index contributed by atoms with van der Waals surface area (Å²) in [5.74, 6) is 0. The van der Waals surface area contributed by atoms with Crippen molar-refractivity contribution in [3.05, 3.63) is 163 Å². The van der Waals surface area contributed by atoms with Crippen molar-refractivity contribution in [2.45, 2.75) is 26.2 Å². The molecule has 0 aliphatic rings. The molecule has 3 nitrogen and oxygen atoms in total. The van der Waals surface area contributed by atoms with Crippen molar-refractivity contribution < 1.29 is 0 Å². The van der Waals surface area contributed by atoms with Crippen LogP contribution in [0.3, 0.4) is 0 Å². The Labute approximate surface area is 284 Å². The lowest BCUT2D eigenvalue weighted by atomic mass is 9.87. The molecule has 0 aliphatic heterocycles. The smallest absolute Gasteiger partial charge is 0.0641 e. The van der Waals surface area contributed by atoms with E-state index in [0.29, 0.717) is 0 Å². The van der Waals surface area contributed by atoms with Gasteiger partial charge in [0.1, 0.15) is 0 Å². The van der Waals surface area contributed by atoms with Crippen LogP contribution in [-0.4, -0.2) is 13.7 Å². The highest BCUT2D eigenvalue weighted by molar-refractivity contribution is 6.26. The average molecular weight is 630 g/mol. The lowest BCUT2D eigenvalue weighted by Gasteiger charge is -2.19. The lowest BCUT2D eigenvalue weighted by Crippen LogP contribution is -2.10. The van der Waals surface area contributed by atoms with Crippen molar-refractivity contribution >= 4 is 65.4 Å². The minimum absolute atomic E-state index is 0.107. The van der Waals surface area contributed by atoms with Gasteiger partial charge in [-0.25, -0.2) is 0 Å². The van der Waals surface area contributed by atoms with Gasteiger partial charge in [0.15, 0.2) is 0 Å².